The molecule has 0 aliphatic heterocycles. The maximum Gasteiger partial charge on any atom is 0.125 e. The highest BCUT2D eigenvalue weighted by atomic mass is 35.5. The number of nitrogens with zero attached hydrogens (tertiary/aromatic N) is 2. The van der Waals surface area contributed by atoms with Gasteiger partial charge >= 0.3 is 0 Å². The van der Waals surface area contributed by atoms with Crippen LogP contribution in [0.3, 0.4) is 0 Å². The summed E-state index contributed by atoms with van der Waals surface area (Å²) in [5.41, 5.74) is 3.10. The minimum atomic E-state index is 0.185. The Hall–Kier alpha value is -1.51. The van der Waals surface area contributed by atoms with E-state index < -0.39 is 0 Å². The first kappa shape index (κ1) is 14.4. The molecule has 21 heavy (non-hydrogen) atoms. The van der Waals surface area contributed by atoms with Crippen LogP contribution in [0.5, 0.6) is 0 Å². The molecule has 0 aliphatic carbocycles. The number of aromatic nitrogens is 2. The molecular weight excluding hydrogens is 303 g/mol. The lowest BCUT2D eigenvalue weighted by molar-refractivity contribution is 0.565. The summed E-state index contributed by atoms with van der Waals surface area (Å²) in [5.74, 6) is 1.23. The van der Waals surface area contributed by atoms with Crippen molar-refractivity contribution < 1.29 is 0 Å². The fourth-order valence-corrected chi connectivity index (χ4v) is 3.28. The van der Waals surface area contributed by atoms with Gasteiger partial charge in [0.15, 0.2) is 0 Å². The standard InChI is InChI=1S/C17H16Cl2N2/c1-2-15(12-7-4-3-5-8-12)21-16(11-18)20-14-10-6-9-13(19)17(14)21/h3-10,15H,2,11H2,1H3. The number of fused-ring (bicyclic) bond motifs is 1. The third-order valence-electron chi connectivity index (χ3n) is 3.74. The van der Waals surface area contributed by atoms with Gasteiger partial charge in [0.05, 0.1) is 28.0 Å². The summed E-state index contributed by atoms with van der Waals surface area (Å²) in [6.07, 6.45) is 0.949. The quantitative estimate of drug-likeness (QED) is 0.586. The first-order valence-corrected chi connectivity index (χ1v) is 7.93. The van der Waals surface area contributed by atoms with Gasteiger partial charge < -0.3 is 4.57 Å². The molecule has 0 aliphatic rings. The van der Waals surface area contributed by atoms with Gasteiger partial charge in [-0.15, -0.1) is 11.6 Å². The number of hydrogen-bond acceptors (Lipinski definition) is 1. The van der Waals surface area contributed by atoms with Crippen LogP contribution < -0.4 is 0 Å². The van der Waals surface area contributed by atoms with E-state index in [0.717, 1.165) is 23.3 Å². The van der Waals surface area contributed by atoms with Crippen molar-refractivity contribution in [3.8, 4) is 0 Å². The Morgan fingerprint density at radius 3 is 2.52 bits per heavy atom. The van der Waals surface area contributed by atoms with E-state index in [-0.39, 0.29) is 6.04 Å². The molecule has 0 spiro atoms. The number of halogens is 2. The van der Waals surface area contributed by atoms with E-state index in [1.165, 1.54) is 5.56 Å². The lowest BCUT2D eigenvalue weighted by atomic mass is 10.0. The van der Waals surface area contributed by atoms with Crippen molar-refractivity contribution in [3.05, 3.63) is 64.9 Å². The predicted octanol–water partition coefficient (Wildman–Crippen LogP) is 5.43. The molecule has 0 amide bonds. The van der Waals surface area contributed by atoms with E-state index in [4.69, 9.17) is 23.2 Å². The molecule has 0 N–H and O–H groups in total. The zero-order chi connectivity index (χ0) is 14.8. The highest BCUT2D eigenvalue weighted by Gasteiger charge is 2.20. The van der Waals surface area contributed by atoms with Crippen LogP contribution in [-0.2, 0) is 5.88 Å². The van der Waals surface area contributed by atoms with Gasteiger partial charge in [-0.2, -0.15) is 0 Å². The van der Waals surface area contributed by atoms with Gasteiger partial charge in [-0.1, -0.05) is 54.9 Å². The Morgan fingerprint density at radius 1 is 1.10 bits per heavy atom. The monoisotopic (exact) mass is 318 g/mol. The molecule has 1 atom stereocenters. The molecule has 3 aromatic rings. The zero-order valence-corrected chi connectivity index (χ0v) is 13.3. The lowest BCUT2D eigenvalue weighted by Gasteiger charge is -2.21. The summed E-state index contributed by atoms with van der Waals surface area (Å²) >= 11 is 12.5. The van der Waals surface area contributed by atoms with Gasteiger partial charge in [-0.3, -0.25) is 0 Å². The van der Waals surface area contributed by atoms with Crippen LogP contribution in [0.15, 0.2) is 48.5 Å². The molecule has 0 fully saturated rings. The topological polar surface area (TPSA) is 17.8 Å². The second kappa shape index (κ2) is 6.08. The van der Waals surface area contributed by atoms with Crippen LogP contribution in [0, 0.1) is 0 Å². The first-order valence-electron chi connectivity index (χ1n) is 7.02. The molecule has 0 bridgehead atoms. The number of imidazole rings is 1. The van der Waals surface area contributed by atoms with Crippen molar-refractivity contribution in [3.63, 3.8) is 0 Å². The summed E-state index contributed by atoms with van der Waals surface area (Å²) in [5, 5.41) is 0.714. The van der Waals surface area contributed by atoms with E-state index in [9.17, 15) is 0 Å². The van der Waals surface area contributed by atoms with E-state index in [1.807, 2.05) is 24.3 Å². The summed E-state index contributed by atoms with van der Waals surface area (Å²) in [6.45, 7) is 2.17. The molecule has 3 rings (SSSR count). The number of hydrogen-bond donors (Lipinski definition) is 0. The molecule has 1 unspecified atom stereocenters. The van der Waals surface area contributed by atoms with E-state index in [1.54, 1.807) is 0 Å². The summed E-state index contributed by atoms with van der Waals surface area (Å²) in [6, 6.07) is 16.4. The maximum atomic E-state index is 6.42. The number of benzene rings is 2. The van der Waals surface area contributed by atoms with Gasteiger partial charge in [-0.05, 0) is 24.1 Å². The van der Waals surface area contributed by atoms with Crippen molar-refractivity contribution in [1.29, 1.82) is 0 Å². The second-order valence-electron chi connectivity index (χ2n) is 4.97. The third-order valence-corrected chi connectivity index (χ3v) is 4.28. The van der Waals surface area contributed by atoms with Crippen molar-refractivity contribution >= 4 is 34.2 Å². The minimum absolute atomic E-state index is 0.185. The second-order valence-corrected chi connectivity index (χ2v) is 5.65. The fraction of sp³-hybridized carbons (Fsp3) is 0.235. The van der Waals surface area contributed by atoms with Gasteiger partial charge in [0.1, 0.15) is 5.82 Å². The van der Waals surface area contributed by atoms with Crippen LogP contribution in [-0.4, -0.2) is 9.55 Å². The molecule has 2 nitrogen and oxygen atoms in total. The molecule has 2 aromatic carbocycles. The fourth-order valence-electron chi connectivity index (χ4n) is 2.83. The van der Waals surface area contributed by atoms with Gasteiger partial charge in [0.2, 0.25) is 0 Å². The molecule has 1 heterocycles. The molecule has 4 heteroatoms. The maximum absolute atomic E-state index is 6.42. The van der Waals surface area contributed by atoms with Gasteiger partial charge in [-0.25, -0.2) is 4.98 Å². The summed E-state index contributed by atoms with van der Waals surface area (Å²) in [7, 11) is 0. The van der Waals surface area contributed by atoms with Crippen molar-refractivity contribution in [1.82, 2.24) is 9.55 Å². The van der Waals surface area contributed by atoms with Gasteiger partial charge in [0, 0.05) is 0 Å². The van der Waals surface area contributed by atoms with Crippen LogP contribution in [0.25, 0.3) is 11.0 Å². The zero-order valence-electron chi connectivity index (χ0n) is 11.8. The average Bonchev–Trinajstić information content (AvgIpc) is 2.89. The lowest BCUT2D eigenvalue weighted by Crippen LogP contribution is -2.12. The number of para-hydroxylation sites is 1. The van der Waals surface area contributed by atoms with Crippen LogP contribution in [0.2, 0.25) is 5.02 Å². The third kappa shape index (κ3) is 2.54. The summed E-state index contributed by atoms with van der Waals surface area (Å²) in [4.78, 5) is 4.63. The largest absolute Gasteiger partial charge is 0.318 e. The number of alkyl halides is 1. The van der Waals surface area contributed by atoms with Crippen molar-refractivity contribution in [2.45, 2.75) is 25.3 Å². The predicted molar refractivity (Wildman–Crippen MR) is 89.2 cm³/mol. The Bertz CT molecular complexity index is 750. The highest BCUT2D eigenvalue weighted by Crippen LogP contribution is 2.32. The van der Waals surface area contributed by atoms with Gasteiger partial charge in [0.25, 0.3) is 0 Å². The Kier molecular flexibility index (Phi) is 4.18. The first-order chi connectivity index (χ1) is 10.3. The molecule has 1 aromatic heterocycles. The Morgan fingerprint density at radius 2 is 1.86 bits per heavy atom. The molecule has 0 radical (unpaired) electrons. The molecular formula is C17H16Cl2N2. The number of rotatable bonds is 4. The average molecular weight is 319 g/mol. The molecule has 0 saturated heterocycles. The summed E-state index contributed by atoms with van der Waals surface area (Å²) < 4.78 is 2.18. The van der Waals surface area contributed by atoms with Crippen molar-refractivity contribution in [2.75, 3.05) is 0 Å². The van der Waals surface area contributed by atoms with E-state index >= 15 is 0 Å². The Labute approximate surface area is 134 Å². The van der Waals surface area contributed by atoms with Crippen LogP contribution >= 0.6 is 23.2 Å². The Balaban J connectivity index is 2.27. The SMILES string of the molecule is CCC(c1ccccc1)n1c(CCl)nc2cccc(Cl)c21. The highest BCUT2D eigenvalue weighted by molar-refractivity contribution is 6.35. The van der Waals surface area contributed by atoms with E-state index in [0.29, 0.717) is 10.9 Å². The normalized spacial score (nSPS) is 12.7. The minimum Gasteiger partial charge on any atom is -0.318 e. The van der Waals surface area contributed by atoms with Crippen molar-refractivity contribution in [2.24, 2.45) is 0 Å². The smallest absolute Gasteiger partial charge is 0.125 e. The molecule has 0 saturated carbocycles. The van der Waals surface area contributed by atoms with E-state index in [2.05, 4.69) is 40.7 Å². The van der Waals surface area contributed by atoms with Crippen LogP contribution in [0.1, 0.15) is 30.8 Å². The van der Waals surface area contributed by atoms with Crippen LogP contribution in [0.4, 0.5) is 0 Å². The molecule has 108 valence electrons.